The van der Waals surface area contributed by atoms with Gasteiger partial charge in [-0.25, -0.2) is 0 Å². The molecule has 0 radical (unpaired) electrons. The molecule has 0 spiro atoms. The van der Waals surface area contributed by atoms with E-state index in [4.69, 9.17) is 4.42 Å². The molecular weight excluding hydrogens is 294 g/mol. The van der Waals surface area contributed by atoms with E-state index < -0.39 is 0 Å². The summed E-state index contributed by atoms with van der Waals surface area (Å²) in [7, 11) is 1.96. The van der Waals surface area contributed by atoms with Crippen LogP contribution in [0.25, 0.3) is 0 Å². The normalized spacial score (nSPS) is 12.9. The van der Waals surface area contributed by atoms with Gasteiger partial charge in [-0.2, -0.15) is 5.10 Å². The smallest absolute Gasteiger partial charge is 0.173 e. The van der Waals surface area contributed by atoms with E-state index in [0.29, 0.717) is 0 Å². The summed E-state index contributed by atoms with van der Waals surface area (Å²) in [6.45, 7) is 5.03. The van der Waals surface area contributed by atoms with Gasteiger partial charge in [0.2, 0.25) is 0 Å². The lowest BCUT2D eigenvalue weighted by atomic mass is 10.1. The summed E-state index contributed by atoms with van der Waals surface area (Å²) in [6.07, 6.45) is 2.59. The van der Waals surface area contributed by atoms with Gasteiger partial charge in [0.25, 0.3) is 0 Å². The molecule has 1 atom stereocenters. The quantitative estimate of drug-likeness (QED) is 0.923. The standard InChI is InChI=1S/C13H18BrN3O/c1-4-17-10(7-9(2)16-17)8-12(15-3)11-5-6-18-13(11)14/h5-7,12,15H,4,8H2,1-3H3. The minimum Gasteiger partial charge on any atom is -0.457 e. The van der Waals surface area contributed by atoms with Crippen LogP contribution in [0.15, 0.2) is 27.5 Å². The zero-order valence-corrected chi connectivity index (χ0v) is 12.5. The molecular formula is C13H18BrN3O. The second kappa shape index (κ2) is 5.71. The second-order valence-corrected chi connectivity index (χ2v) is 5.01. The molecule has 2 aromatic heterocycles. The highest BCUT2D eigenvalue weighted by molar-refractivity contribution is 9.10. The molecule has 2 aromatic rings. The highest BCUT2D eigenvalue weighted by Gasteiger charge is 2.17. The van der Waals surface area contributed by atoms with Crippen LogP contribution in [-0.4, -0.2) is 16.8 Å². The number of likely N-dealkylation sites (N-methyl/N-ethyl adjacent to an activating group) is 1. The molecule has 0 saturated carbocycles. The molecule has 4 nitrogen and oxygen atoms in total. The Kier molecular flexibility index (Phi) is 4.24. The molecule has 5 heteroatoms. The molecule has 98 valence electrons. The molecule has 0 aliphatic rings. The summed E-state index contributed by atoms with van der Waals surface area (Å²) in [5.74, 6) is 0. The zero-order chi connectivity index (χ0) is 13.1. The van der Waals surface area contributed by atoms with Crippen molar-refractivity contribution in [1.82, 2.24) is 15.1 Å². The maximum Gasteiger partial charge on any atom is 0.173 e. The van der Waals surface area contributed by atoms with Crippen molar-refractivity contribution in [3.63, 3.8) is 0 Å². The van der Waals surface area contributed by atoms with E-state index in [1.807, 2.05) is 24.7 Å². The largest absolute Gasteiger partial charge is 0.457 e. The Labute approximate surface area is 115 Å². The van der Waals surface area contributed by atoms with Crippen molar-refractivity contribution in [3.8, 4) is 0 Å². The van der Waals surface area contributed by atoms with Crippen molar-refractivity contribution >= 4 is 15.9 Å². The first-order valence-electron chi connectivity index (χ1n) is 6.09. The highest BCUT2D eigenvalue weighted by atomic mass is 79.9. The van der Waals surface area contributed by atoms with Crippen LogP contribution in [0.2, 0.25) is 0 Å². The van der Waals surface area contributed by atoms with Crippen LogP contribution in [0.1, 0.15) is 29.9 Å². The first-order chi connectivity index (χ1) is 8.65. The molecule has 0 fully saturated rings. The number of hydrogen-bond donors (Lipinski definition) is 1. The first kappa shape index (κ1) is 13.4. The predicted molar refractivity (Wildman–Crippen MR) is 74.6 cm³/mol. The van der Waals surface area contributed by atoms with Crippen LogP contribution in [0.4, 0.5) is 0 Å². The third kappa shape index (κ3) is 2.67. The van der Waals surface area contributed by atoms with Gasteiger partial charge in [0.05, 0.1) is 12.0 Å². The Balaban J connectivity index is 2.23. The van der Waals surface area contributed by atoms with Crippen LogP contribution in [-0.2, 0) is 13.0 Å². The van der Waals surface area contributed by atoms with Crippen LogP contribution < -0.4 is 5.32 Å². The van der Waals surface area contributed by atoms with Crippen molar-refractivity contribution in [2.45, 2.75) is 32.9 Å². The maximum atomic E-state index is 5.30. The van der Waals surface area contributed by atoms with E-state index in [1.165, 1.54) is 5.69 Å². The fourth-order valence-electron chi connectivity index (χ4n) is 2.17. The molecule has 0 aliphatic heterocycles. The number of aryl methyl sites for hydroxylation is 2. The zero-order valence-electron chi connectivity index (χ0n) is 10.9. The van der Waals surface area contributed by atoms with E-state index in [1.54, 1.807) is 6.26 Å². The van der Waals surface area contributed by atoms with E-state index in [-0.39, 0.29) is 6.04 Å². The Morgan fingerprint density at radius 1 is 1.56 bits per heavy atom. The number of nitrogens with one attached hydrogen (secondary N) is 1. The molecule has 0 amide bonds. The molecule has 18 heavy (non-hydrogen) atoms. The summed E-state index contributed by atoms with van der Waals surface area (Å²) < 4.78 is 8.14. The predicted octanol–water partition coefficient (Wildman–Crippen LogP) is 3.07. The molecule has 2 heterocycles. The van der Waals surface area contributed by atoms with E-state index >= 15 is 0 Å². The molecule has 1 unspecified atom stereocenters. The van der Waals surface area contributed by atoms with E-state index in [9.17, 15) is 0 Å². The van der Waals surface area contributed by atoms with Gasteiger partial charge < -0.3 is 9.73 Å². The summed E-state index contributed by atoms with van der Waals surface area (Å²) in [5, 5.41) is 7.80. The lowest BCUT2D eigenvalue weighted by Crippen LogP contribution is -2.20. The van der Waals surface area contributed by atoms with Crippen LogP contribution in [0.3, 0.4) is 0 Å². The third-order valence-corrected chi connectivity index (χ3v) is 3.71. The van der Waals surface area contributed by atoms with Gasteiger partial charge in [0, 0.05) is 30.3 Å². The van der Waals surface area contributed by atoms with Gasteiger partial charge in [-0.15, -0.1) is 0 Å². The molecule has 0 bridgehead atoms. The Morgan fingerprint density at radius 3 is 2.89 bits per heavy atom. The number of furan rings is 1. The minimum absolute atomic E-state index is 0.222. The van der Waals surface area contributed by atoms with Gasteiger partial charge in [-0.1, -0.05) is 0 Å². The topological polar surface area (TPSA) is 43.0 Å². The monoisotopic (exact) mass is 311 g/mol. The van der Waals surface area contributed by atoms with Crippen molar-refractivity contribution in [3.05, 3.63) is 40.0 Å². The van der Waals surface area contributed by atoms with Gasteiger partial charge >= 0.3 is 0 Å². The first-order valence-corrected chi connectivity index (χ1v) is 6.88. The number of rotatable bonds is 5. The van der Waals surface area contributed by atoms with Gasteiger partial charge in [0.1, 0.15) is 0 Å². The Bertz CT molecular complexity index is 518. The molecule has 0 aromatic carbocycles. The van der Waals surface area contributed by atoms with Crippen molar-refractivity contribution in [1.29, 1.82) is 0 Å². The van der Waals surface area contributed by atoms with Gasteiger partial charge in [0.15, 0.2) is 4.67 Å². The molecule has 0 aliphatic carbocycles. The fourth-order valence-corrected chi connectivity index (χ4v) is 2.68. The summed E-state index contributed by atoms with van der Waals surface area (Å²) in [4.78, 5) is 0. The van der Waals surface area contributed by atoms with E-state index in [0.717, 1.165) is 28.9 Å². The molecule has 0 saturated heterocycles. The lowest BCUT2D eigenvalue weighted by Gasteiger charge is -2.15. The minimum atomic E-state index is 0.222. The van der Waals surface area contributed by atoms with Gasteiger partial charge in [-0.3, -0.25) is 4.68 Å². The fraction of sp³-hybridized carbons (Fsp3) is 0.462. The number of hydrogen-bond acceptors (Lipinski definition) is 3. The average Bonchev–Trinajstić information content (AvgIpc) is 2.92. The molecule has 1 N–H and O–H groups in total. The summed E-state index contributed by atoms with van der Waals surface area (Å²) in [5.41, 5.74) is 3.44. The average molecular weight is 312 g/mol. The van der Waals surface area contributed by atoms with E-state index in [2.05, 4.69) is 39.3 Å². The highest BCUT2D eigenvalue weighted by Crippen LogP contribution is 2.27. The second-order valence-electron chi connectivity index (χ2n) is 4.29. The summed E-state index contributed by atoms with van der Waals surface area (Å²) in [6, 6.07) is 4.35. The molecule has 2 rings (SSSR count). The Hall–Kier alpha value is -1.07. The lowest BCUT2D eigenvalue weighted by molar-refractivity contribution is 0.507. The Morgan fingerprint density at radius 2 is 2.33 bits per heavy atom. The number of aromatic nitrogens is 2. The number of nitrogens with zero attached hydrogens (tertiary/aromatic N) is 2. The maximum absolute atomic E-state index is 5.30. The van der Waals surface area contributed by atoms with Crippen LogP contribution >= 0.6 is 15.9 Å². The van der Waals surface area contributed by atoms with Crippen LogP contribution in [0, 0.1) is 6.92 Å². The summed E-state index contributed by atoms with van der Waals surface area (Å²) >= 11 is 3.43. The van der Waals surface area contributed by atoms with Crippen LogP contribution in [0.5, 0.6) is 0 Å². The van der Waals surface area contributed by atoms with Crippen molar-refractivity contribution < 1.29 is 4.42 Å². The van der Waals surface area contributed by atoms with Gasteiger partial charge in [-0.05, 0) is 49.0 Å². The van der Waals surface area contributed by atoms with Crippen molar-refractivity contribution in [2.75, 3.05) is 7.05 Å². The number of halogens is 1. The third-order valence-electron chi connectivity index (χ3n) is 3.07. The van der Waals surface area contributed by atoms with Crippen molar-refractivity contribution in [2.24, 2.45) is 0 Å². The SMILES string of the molecule is CCn1nc(C)cc1CC(NC)c1ccoc1Br.